The number of carbonyl (C=O) groups excluding carboxylic acids is 1. The summed E-state index contributed by atoms with van der Waals surface area (Å²) < 4.78 is 33.0. The number of aryl methyl sites for hydroxylation is 1. The van der Waals surface area contributed by atoms with Crippen molar-refractivity contribution in [2.45, 2.75) is 23.1 Å². The molecule has 1 unspecified atom stereocenters. The van der Waals surface area contributed by atoms with Gasteiger partial charge in [0, 0.05) is 11.6 Å². The summed E-state index contributed by atoms with van der Waals surface area (Å²) >= 11 is 3.40. The molecule has 0 N–H and O–H groups in total. The minimum Gasteiger partial charge on any atom is -0.496 e. The molecule has 1 aliphatic rings. The number of halogens is 1. The summed E-state index contributed by atoms with van der Waals surface area (Å²) in [6, 6.07) is 10.1. The molecule has 1 aromatic heterocycles. The topological polar surface area (TPSA) is 65.4 Å². The van der Waals surface area contributed by atoms with Crippen molar-refractivity contribution in [2.75, 3.05) is 7.11 Å². The number of hydrogen-bond acceptors (Lipinski definition) is 4. The van der Waals surface area contributed by atoms with Gasteiger partial charge in [-0.2, -0.15) is 0 Å². The van der Waals surface area contributed by atoms with Crippen molar-refractivity contribution in [1.29, 1.82) is 0 Å². The van der Waals surface area contributed by atoms with Crippen molar-refractivity contribution in [3.05, 3.63) is 59.3 Å². The maximum absolute atomic E-state index is 13.2. The third-order valence-corrected chi connectivity index (χ3v) is 7.13. The summed E-state index contributed by atoms with van der Waals surface area (Å²) in [4.78, 5) is 12.5. The number of rotatable bonds is 3. The SMILES string of the molecule is COc1ccc2c3c(cn2S(=O)(=O)c2ccc(C)cc2)CC(Br)C(=O)c13. The van der Waals surface area contributed by atoms with Crippen LogP contribution >= 0.6 is 15.9 Å². The molecule has 1 heterocycles. The summed E-state index contributed by atoms with van der Waals surface area (Å²) in [5.74, 6) is 0.365. The number of aromatic nitrogens is 1. The lowest BCUT2D eigenvalue weighted by molar-refractivity contribution is 0.0987. The highest BCUT2D eigenvalue weighted by Gasteiger charge is 2.33. The number of methoxy groups -OCH3 is 1. The fraction of sp³-hybridized carbons (Fsp3) is 0.211. The average molecular weight is 434 g/mol. The predicted molar refractivity (Wildman–Crippen MR) is 103 cm³/mol. The second kappa shape index (κ2) is 5.96. The fourth-order valence-corrected chi connectivity index (χ4v) is 5.35. The van der Waals surface area contributed by atoms with E-state index in [1.165, 1.54) is 11.1 Å². The van der Waals surface area contributed by atoms with Crippen molar-refractivity contribution in [3.63, 3.8) is 0 Å². The standard InChI is InChI=1S/C19H16BrNO4S/c1-11-3-5-13(6-4-11)26(23,24)21-10-12-9-14(20)19(22)18-16(25-2)8-7-15(21)17(12)18/h3-8,10,14H,9H2,1-2H3. The van der Waals surface area contributed by atoms with Crippen LogP contribution < -0.4 is 4.74 Å². The maximum Gasteiger partial charge on any atom is 0.268 e. The quantitative estimate of drug-likeness (QED) is 0.590. The van der Waals surface area contributed by atoms with Gasteiger partial charge >= 0.3 is 0 Å². The van der Waals surface area contributed by atoms with E-state index in [1.54, 1.807) is 42.6 Å². The monoisotopic (exact) mass is 433 g/mol. The van der Waals surface area contributed by atoms with Crippen LogP contribution in [-0.4, -0.2) is 30.1 Å². The molecule has 0 amide bonds. The van der Waals surface area contributed by atoms with Gasteiger partial charge in [-0.15, -0.1) is 0 Å². The molecule has 0 saturated carbocycles. The van der Waals surface area contributed by atoms with Gasteiger partial charge in [0.2, 0.25) is 0 Å². The first kappa shape index (κ1) is 17.3. The third-order valence-electron chi connectivity index (χ3n) is 4.70. The molecule has 2 aromatic carbocycles. The van der Waals surface area contributed by atoms with Gasteiger partial charge in [0.05, 0.1) is 27.9 Å². The molecule has 1 aliphatic carbocycles. The van der Waals surface area contributed by atoms with Crippen LogP contribution in [0.3, 0.4) is 0 Å². The average Bonchev–Trinajstić information content (AvgIpc) is 2.99. The highest BCUT2D eigenvalue weighted by atomic mass is 79.9. The number of ether oxygens (including phenoxy) is 1. The zero-order chi connectivity index (χ0) is 18.6. The molecule has 4 rings (SSSR count). The second-order valence-corrected chi connectivity index (χ2v) is 9.26. The Kier molecular flexibility index (Phi) is 3.96. The second-order valence-electron chi connectivity index (χ2n) is 6.34. The summed E-state index contributed by atoms with van der Waals surface area (Å²) in [6.07, 6.45) is 2.05. The number of Topliss-reactive ketones (excluding diaryl/α,β-unsaturated/α-hetero) is 1. The van der Waals surface area contributed by atoms with E-state index in [0.29, 0.717) is 28.6 Å². The lowest BCUT2D eigenvalue weighted by Gasteiger charge is -2.18. The highest BCUT2D eigenvalue weighted by Crippen LogP contribution is 2.39. The Labute approximate surface area is 159 Å². The molecule has 0 spiro atoms. The van der Waals surface area contributed by atoms with E-state index in [-0.39, 0.29) is 10.7 Å². The molecule has 26 heavy (non-hydrogen) atoms. The normalized spacial score (nSPS) is 16.9. The molecular formula is C19H16BrNO4S. The van der Waals surface area contributed by atoms with E-state index >= 15 is 0 Å². The summed E-state index contributed by atoms with van der Waals surface area (Å²) in [7, 11) is -2.26. The van der Waals surface area contributed by atoms with Gasteiger partial charge in [0.25, 0.3) is 10.0 Å². The largest absolute Gasteiger partial charge is 0.496 e. The number of ketones is 1. The van der Waals surface area contributed by atoms with Crippen LogP contribution in [0.2, 0.25) is 0 Å². The van der Waals surface area contributed by atoms with Crippen LogP contribution in [0.4, 0.5) is 0 Å². The number of hydrogen-bond donors (Lipinski definition) is 0. The molecule has 0 aliphatic heterocycles. The van der Waals surface area contributed by atoms with Crippen molar-refractivity contribution in [2.24, 2.45) is 0 Å². The first-order chi connectivity index (χ1) is 12.3. The Morgan fingerprint density at radius 1 is 1.15 bits per heavy atom. The molecule has 0 bridgehead atoms. The Hall–Kier alpha value is -2.12. The Morgan fingerprint density at radius 3 is 2.50 bits per heavy atom. The van der Waals surface area contributed by atoms with Crippen LogP contribution in [0.1, 0.15) is 21.5 Å². The molecule has 1 atom stereocenters. The fourth-order valence-electron chi connectivity index (χ4n) is 3.39. The molecule has 0 radical (unpaired) electrons. The molecule has 134 valence electrons. The lowest BCUT2D eigenvalue weighted by atomic mass is 9.91. The number of nitrogens with zero attached hydrogens (tertiary/aromatic N) is 1. The van der Waals surface area contributed by atoms with Crippen LogP contribution in [0.5, 0.6) is 5.75 Å². The molecule has 0 saturated heterocycles. The van der Waals surface area contributed by atoms with Gasteiger partial charge in [0.15, 0.2) is 5.78 Å². The van der Waals surface area contributed by atoms with E-state index in [4.69, 9.17) is 4.74 Å². The smallest absolute Gasteiger partial charge is 0.268 e. The van der Waals surface area contributed by atoms with Gasteiger partial charge in [-0.05, 0) is 43.2 Å². The van der Waals surface area contributed by atoms with Crippen LogP contribution in [0, 0.1) is 6.92 Å². The van der Waals surface area contributed by atoms with Crippen molar-refractivity contribution in [1.82, 2.24) is 3.97 Å². The van der Waals surface area contributed by atoms with Gasteiger partial charge in [-0.25, -0.2) is 12.4 Å². The van der Waals surface area contributed by atoms with Gasteiger partial charge in [0.1, 0.15) is 5.75 Å². The molecule has 0 fully saturated rings. The molecule has 5 nitrogen and oxygen atoms in total. The predicted octanol–water partition coefficient (Wildman–Crippen LogP) is 3.70. The van der Waals surface area contributed by atoms with Crippen LogP contribution in [-0.2, 0) is 16.4 Å². The first-order valence-electron chi connectivity index (χ1n) is 8.06. The van der Waals surface area contributed by atoms with E-state index in [9.17, 15) is 13.2 Å². The summed E-state index contributed by atoms with van der Waals surface area (Å²) in [5, 5.41) is 0.653. The van der Waals surface area contributed by atoms with E-state index in [2.05, 4.69) is 15.9 Å². The zero-order valence-electron chi connectivity index (χ0n) is 14.2. The Balaban J connectivity index is 2.03. The van der Waals surface area contributed by atoms with E-state index in [1.807, 2.05) is 6.92 Å². The van der Waals surface area contributed by atoms with Crippen LogP contribution in [0.15, 0.2) is 47.5 Å². The Bertz CT molecular complexity index is 1150. The van der Waals surface area contributed by atoms with Crippen molar-refractivity contribution in [3.8, 4) is 5.75 Å². The lowest BCUT2D eigenvalue weighted by Crippen LogP contribution is -2.22. The number of carbonyl (C=O) groups is 1. The number of alkyl halides is 1. The highest BCUT2D eigenvalue weighted by molar-refractivity contribution is 9.10. The van der Waals surface area contributed by atoms with Crippen molar-refractivity contribution >= 4 is 42.6 Å². The summed E-state index contributed by atoms with van der Waals surface area (Å²) in [6.45, 7) is 1.91. The third kappa shape index (κ3) is 2.41. The zero-order valence-corrected chi connectivity index (χ0v) is 16.6. The Morgan fingerprint density at radius 2 is 1.85 bits per heavy atom. The molecular weight excluding hydrogens is 418 g/mol. The van der Waals surface area contributed by atoms with E-state index < -0.39 is 14.9 Å². The molecule has 7 heteroatoms. The van der Waals surface area contributed by atoms with Crippen LogP contribution in [0.25, 0.3) is 10.9 Å². The molecule has 3 aromatic rings. The summed E-state index contributed by atoms with van der Waals surface area (Å²) in [5.41, 5.74) is 2.72. The van der Waals surface area contributed by atoms with Crippen molar-refractivity contribution < 1.29 is 17.9 Å². The minimum absolute atomic E-state index is 0.0922. The number of benzene rings is 2. The van der Waals surface area contributed by atoms with Gasteiger partial charge in [-0.3, -0.25) is 4.79 Å². The van der Waals surface area contributed by atoms with Gasteiger partial charge < -0.3 is 4.74 Å². The van der Waals surface area contributed by atoms with E-state index in [0.717, 1.165) is 11.1 Å². The maximum atomic E-state index is 13.2. The first-order valence-corrected chi connectivity index (χ1v) is 10.4. The van der Waals surface area contributed by atoms with Gasteiger partial charge in [-0.1, -0.05) is 33.6 Å². The minimum atomic E-state index is -3.77.